The molecule has 1 aromatic heterocycles. The molecule has 16 heavy (non-hydrogen) atoms. The van der Waals surface area contributed by atoms with Crippen LogP contribution in [0.15, 0.2) is 24.4 Å². The molecule has 2 N–H and O–H groups in total. The lowest BCUT2D eigenvalue weighted by molar-refractivity contribution is 0.628. The van der Waals surface area contributed by atoms with Gasteiger partial charge in [-0.05, 0) is 25.1 Å². The molecule has 84 valence electrons. The van der Waals surface area contributed by atoms with Crippen LogP contribution in [0.3, 0.4) is 0 Å². The van der Waals surface area contributed by atoms with E-state index in [1.807, 2.05) is 6.92 Å². The standard InChI is InChI=1S/C11H11ClFN3/c1-7-14-5-9(16-7)6-15-11-3-2-8(13)4-10(11)12/h2-5,15H,6H2,1H3,(H,14,16). The Hall–Kier alpha value is -1.55. The van der Waals surface area contributed by atoms with Crippen LogP contribution < -0.4 is 5.32 Å². The van der Waals surface area contributed by atoms with Crippen molar-refractivity contribution in [1.82, 2.24) is 9.97 Å². The fraction of sp³-hybridized carbons (Fsp3) is 0.182. The van der Waals surface area contributed by atoms with E-state index in [4.69, 9.17) is 11.6 Å². The summed E-state index contributed by atoms with van der Waals surface area (Å²) in [6.07, 6.45) is 1.75. The summed E-state index contributed by atoms with van der Waals surface area (Å²) in [5.41, 5.74) is 1.66. The number of hydrogen-bond acceptors (Lipinski definition) is 2. The van der Waals surface area contributed by atoms with E-state index in [0.717, 1.165) is 11.5 Å². The lowest BCUT2D eigenvalue weighted by Crippen LogP contribution is -2.00. The summed E-state index contributed by atoms with van der Waals surface area (Å²) in [6.45, 7) is 2.46. The van der Waals surface area contributed by atoms with Crippen LogP contribution in [0.1, 0.15) is 11.5 Å². The van der Waals surface area contributed by atoms with Crippen LogP contribution >= 0.6 is 11.6 Å². The van der Waals surface area contributed by atoms with Crippen molar-refractivity contribution in [3.8, 4) is 0 Å². The van der Waals surface area contributed by atoms with Gasteiger partial charge in [-0.25, -0.2) is 9.37 Å². The van der Waals surface area contributed by atoms with E-state index < -0.39 is 0 Å². The van der Waals surface area contributed by atoms with Crippen LogP contribution in [0.2, 0.25) is 5.02 Å². The second-order valence-electron chi connectivity index (χ2n) is 3.47. The highest BCUT2D eigenvalue weighted by molar-refractivity contribution is 6.33. The second kappa shape index (κ2) is 4.53. The Morgan fingerprint density at radius 1 is 1.50 bits per heavy atom. The average Bonchev–Trinajstić information content (AvgIpc) is 2.63. The number of anilines is 1. The Labute approximate surface area is 97.7 Å². The number of imidazole rings is 1. The molecule has 0 unspecified atom stereocenters. The van der Waals surface area contributed by atoms with Gasteiger partial charge in [-0.3, -0.25) is 0 Å². The van der Waals surface area contributed by atoms with Crippen LogP contribution in [-0.4, -0.2) is 9.97 Å². The van der Waals surface area contributed by atoms with Gasteiger partial charge < -0.3 is 10.3 Å². The normalized spacial score (nSPS) is 10.4. The maximum Gasteiger partial charge on any atom is 0.124 e. The fourth-order valence-electron chi connectivity index (χ4n) is 1.38. The maximum absolute atomic E-state index is 12.8. The van der Waals surface area contributed by atoms with Gasteiger partial charge in [0.25, 0.3) is 0 Å². The van der Waals surface area contributed by atoms with Gasteiger partial charge in [-0.2, -0.15) is 0 Å². The zero-order chi connectivity index (χ0) is 11.5. The van der Waals surface area contributed by atoms with Gasteiger partial charge in [-0.1, -0.05) is 11.6 Å². The molecular formula is C11H11ClFN3. The molecule has 0 atom stereocenters. The van der Waals surface area contributed by atoms with Gasteiger partial charge in [0.15, 0.2) is 0 Å². The average molecular weight is 240 g/mol. The smallest absolute Gasteiger partial charge is 0.124 e. The number of nitrogens with one attached hydrogen (secondary N) is 2. The number of nitrogens with zero attached hydrogens (tertiary/aromatic N) is 1. The summed E-state index contributed by atoms with van der Waals surface area (Å²) in [7, 11) is 0. The van der Waals surface area contributed by atoms with Gasteiger partial charge in [0.1, 0.15) is 11.6 Å². The highest BCUT2D eigenvalue weighted by Gasteiger charge is 2.02. The quantitative estimate of drug-likeness (QED) is 0.864. The first-order chi connectivity index (χ1) is 7.65. The van der Waals surface area contributed by atoms with Crippen molar-refractivity contribution in [3.63, 3.8) is 0 Å². The molecule has 0 aliphatic carbocycles. The van der Waals surface area contributed by atoms with E-state index in [9.17, 15) is 4.39 Å². The minimum atomic E-state index is -0.340. The Morgan fingerprint density at radius 2 is 2.31 bits per heavy atom. The zero-order valence-corrected chi connectivity index (χ0v) is 9.48. The van der Waals surface area contributed by atoms with E-state index in [1.54, 1.807) is 12.3 Å². The summed E-state index contributed by atoms with van der Waals surface area (Å²) in [5.74, 6) is 0.523. The largest absolute Gasteiger partial charge is 0.378 e. The van der Waals surface area contributed by atoms with E-state index in [-0.39, 0.29) is 5.82 Å². The second-order valence-corrected chi connectivity index (χ2v) is 3.88. The third-order valence-corrected chi connectivity index (χ3v) is 2.47. The molecular weight excluding hydrogens is 229 g/mol. The summed E-state index contributed by atoms with van der Waals surface area (Å²) in [4.78, 5) is 7.16. The molecule has 0 radical (unpaired) electrons. The number of H-pyrrole nitrogens is 1. The monoisotopic (exact) mass is 239 g/mol. The van der Waals surface area contributed by atoms with E-state index >= 15 is 0 Å². The Balaban J connectivity index is 2.04. The number of halogens is 2. The summed E-state index contributed by atoms with van der Waals surface area (Å²) < 4.78 is 12.8. The number of rotatable bonds is 3. The molecule has 0 spiro atoms. The third kappa shape index (κ3) is 2.52. The van der Waals surface area contributed by atoms with Crippen molar-refractivity contribution in [1.29, 1.82) is 0 Å². The molecule has 0 aliphatic rings. The number of aromatic amines is 1. The highest BCUT2D eigenvalue weighted by atomic mass is 35.5. The molecule has 2 rings (SSSR count). The van der Waals surface area contributed by atoms with Crippen molar-refractivity contribution >= 4 is 17.3 Å². The lowest BCUT2D eigenvalue weighted by atomic mass is 10.3. The lowest BCUT2D eigenvalue weighted by Gasteiger charge is -2.06. The van der Waals surface area contributed by atoms with Crippen molar-refractivity contribution in [3.05, 3.63) is 46.8 Å². The molecule has 0 saturated heterocycles. The molecule has 0 amide bonds. The fourth-order valence-corrected chi connectivity index (χ4v) is 1.62. The van der Waals surface area contributed by atoms with Crippen LogP contribution in [-0.2, 0) is 6.54 Å². The maximum atomic E-state index is 12.8. The Bertz CT molecular complexity index is 496. The number of aryl methyl sites for hydroxylation is 1. The van der Waals surface area contributed by atoms with Gasteiger partial charge in [0, 0.05) is 0 Å². The summed E-state index contributed by atoms with van der Waals surface area (Å²) >= 11 is 5.87. The Morgan fingerprint density at radius 3 is 2.94 bits per heavy atom. The molecule has 2 aromatic rings. The van der Waals surface area contributed by atoms with Crippen molar-refractivity contribution in [2.24, 2.45) is 0 Å². The molecule has 0 aliphatic heterocycles. The number of aromatic nitrogens is 2. The van der Waals surface area contributed by atoms with Gasteiger partial charge in [0.05, 0.1) is 29.1 Å². The van der Waals surface area contributed by atoms with Crippen LogP contribution in [0, 0.1) is 12.7 Å². The van der Waals surface area contributed by atoms with E-state index in [2.05, 4.69) is 15.3 Å². The summed E-state index contributed by atoms with van der Waals surface area (Å²) in [5, 5.41) is 3.47. The zero-order valence-electron chi connectivity index (χ0n) is 8.72. The van der Waals surface area contributed by atoms with Crippen LogP contribution in [0.25, 0.3) is 0 Å². The molecule has 5 heteroatoms. The molecule has 3 nitrogen and oxygen atoms in total. The summed E-state index contributed by atoms with van der Waals surface area (Å²) in [6, 6.07) is 4.26. The first-order valence-corrected chi connectivity index (χ1v) is 5.22. The van der Waals surface area contributed by atoms with Gasteiger partial charge >= 0.3 is 0 Å². The van der Waals surface area contributed by atoms with Crippen LogP contribution in [0.4, 0.5) is 10.1 Å². The minimum absolute atomic E-state index is 0.340. The third-order valence-electron chi connectivity index (χ3n) is 2.16. The van der Waals surface area contributed by atoms with E-state index in [0.29, 0.717) is 17.3 Å². The van der Waals surface area contributed by atoms with Crippen molar-refractivity contribution < 1.29 is 4.39 Å². The predicted molar refractivity (Wildman–Crippen MR) is 62.1 cm³/mol. The first kappa shape index (κ1) is 11.0. The van der Waals surface area contributed by atoms with Gasteiger partial charge in [0.2, 0.25) is 0 Å². The van der Waals surface area contributed by atoms with Crippen LogP contribution in [0.5, 0.6) is 0 Å². The topological polar surface area (TPSA) is 40.7 Å². The first-order valence-electron chi connectivity index (χ1n) is 4.84. The van der Waals surface area contributed by atoms with Crippen molar-refractivity contribution in [2.45, 2.75) is 13.5 Å². The highest BCUT2D eigenvalue weighted by Crippen LogP contribution is 2.22. The predicted octanol–water partition coefficient (Wildman–Crippen LogP) is 3.12. The molecule has 0 fully saturated rings. The van der Waals surface area contributed by atoms with Crippen molar-refractivity contribution in [2.75, 3.05) is 5.32 Å². The van der Waals surface area contributed by atoms with Gasteiger partial charge in [-0.15, -0.1) is 0 Å². The number of benzene rings is 1. The molecule has 1 heterocycles. The minimum Gasteiger partial charge on any atom is -0.378 e. The molecule has 0 bridgehead atoms. The SMILES string of the molecule is Cc1ncc(CNc2ccc(F)cc2Cl)[nH]1. The molecule has 1 aromatic carbocycles. The Kier molecular flexibility index (Phi) is 3.10. The van der Waals surface area contributed by atoms with E-state index in [1.165, 1.54) is 12.1 Å². The molecule has 0 saturated carbocycles. The number of hydrogen-bond donors (Lipinski definition) is 2.